The van der Waals surface area contributed by atoms with Gasteiger partial charge in [-0.2, -0.15) is 0 Å². The third-order valence-corrected chi connectivity index (χ3v) is 14.4. The normalized spacial score (nSPS) is 22.2. The molecule has 0 aromatic heterocycles. The molecule has 71 heavy (non-hydrogen) atoms. The summed E-state index contributed by atoms with van der Waals surface area (Å²) in [6.45, 7) is 15.2. The fourth-order valence-electron chi connectivity index (χ4n) is 9.77. The van der Waals surface area contributed by atoms with E-state index in [-0.39, 0.29) is 80.3 Å². The second-order valence-corrected chi connectivity index (χ2v) is 21.4. The molecule has 2 aromatic carbocycles. The van der Waals surface area contributed by atoms with E-state index in [0.29, 0.717) is 59.4 Å². The maximum Gasteiger partial charge on any atom is 0.472 e. The summed E-state index contributed by atoms with van der Waals surface area (Å²) in [6, 6.07) is 3.00. The number of fused-ring (bicyclic) bond motifs is 6. The van der Waals surface area contributed by atoms with Crippen LogP contribution in [0.15, 0.2) is 58.7 Å². The number of benzene rings is 2. The first kappa shape index (κ1) is 55.3. The molecular formula is C53H73N2O15P. The molecule has 5 N–H and O–H groups in total. The van der Waals surface area contributed by atoms with Crippen molar-refractivity contribution in [3.63, 3.8) is 0 Å². The van der Waals surface area contributed by atoms with Gasteiger partial charge < -0.3 is 53.7 Å². The zero-order valence-electron chi connectivity index (χ0n) is 42.5. The number of phosphoric ester groups is 1. The van der Waals surface area contributed by atoms with Crippen LogP contribution in [0.4, 0.5) is 0 Å². The van der Waals surface area contributed by atoms with Gasteiger partial charge in [-0.05, 0) is 125 Å². The third kappa shape index (κ3) is 13.5. The SMILES string of the molecule is CC(C)=CCC/C(C)=C/CC[C@@]1(C)Oc2c(c(OCOP(=O)(O)O)cc3c2CN(CCC[C@@H](OC=O)N2Cc4c(cc(OCO)c5c4O[C@](C)(CC/C=C(\C)CCC=C(C)C)[C@@H](O)C5)C2=O)C3=O)C[C@@H]1O. The molecule has 390 valence electrons. The van der Waals surface area contributed by atoms with Crippen molar-refractivity contribution in [2.24, 2.45) is 0 Å². The van der Waals surface area contributed by atoms with Crippen LogP contribution in [-0.2, 0) is 44.6 Å². The van der Waals surface area contributed by atoms with E-state index in [2.05, 4.69) is 70.4 Å². The van der Waals surface area contributed by atoms with Gasteiger partial charge in [0.1, 0.15) is 34.2 Å². The Labute approximate surface area is 417 Å². The second-order valence-electron chi connectivity index (χ2n) is 20.1. The number of rotatable bonds is 25. The molecule has 0 spiro atoms. The minimum Gasteiger partial charge on any atom is -0.484 e. The average molecular weight is 1010 g/mol. The highest BCUT2D eigenvalue weighted by Crippen LogP contribution is 2.49. The maximum atomic E-state index is 14.2. The zero-order valence-corrected chi connectivity index (χ0v) is 43.3. The highest BCUT2D eigenvalue weighted by molar-refractivity contribution is 7.46. The first-order chi connectivity index (χ1) is 33.6. The summed E-state index contributed by atoms with van der Waals surface area (Å²) in [5.74, 6) is 0.200. The van der Waals surface area contributed by atoms with Crippen LogP contribution in [0.1, 0.15) is 163 Å². The Kier molecular flexibility index (Phi) is 18.5. The molecule has 0 aliphatic carbocycles. The molecule has 4 aliphatic rings. The van der Waals surface area contributed by atoms with E-state index in [1.54, 1.807) is 4.90 Å². The summed E-state index contributed by atoms with van der Waals surface area (Å²) in [5.41, 5.74) is 5.48. The van der Waals surface area contributed by atoms with E-state index in [1.807, 2.05) is 13.8 Å². The molecule has 0 saturated heterocycles. The zero-order chi connectivity index (χ0) is 51.8. The van der Waals surface area contributed by atoms with Crippen molar-refractivity contribution in [2.75, 3.05) is 20.1 Å². The molecular weight excluding hydrogens is 936 g/mol. The summed E-state index contributed by atoms with van der Waals surface area (Å²) in [6.07, 6.45) is 12.3. The lowest BCUT2D eigenvalue weighted by Crippen LogP contribution is -2.49. The highest BCUT2D eigenvalue weighted by atomic mass is 31.2. The number of hydrogen-bond donors (Lipinski definition) is 5. The van der Waals surface area contributed by atoms with Gasteiger partial charge >= 0.3 is 7.82 Å². The Hall–Kier alpha value is -5.00. The summed E-state index contributed by atoms with van der Waals surface area (Å²) in [7, 11) is -4.90. The van der Waals surface area contributed by atoms with E-state index in [4.69, 9.17) is 23.7 Å². The quantitative estimate of drug-likeness (QED) is 0.0272. The Morgan fingerprint density at radius 3 is 1.76 bits per heavy atom. The molecule has 6 rings (SSSR count). The number of aliphatic hydroxyl groups excluding tert-OH is 3. The topological polar surface area (TPSA) is 231 Å². The van der Waals surface area contributed by atoms with E-state index < -0.39 is 57.0 Å². The van der Waals surface area contributed by atoms with Gasteiger partial charge in [0.15, 0.2) is 19.8 Å². The molecule has 4 heterocycles. The second kappa shape index (κ2) is 23.7. The fourth-order valence-corrected chi connectivity index (χ4v) is 9.96. The van der Waals surface area contributed by atoms with Gasteiger partial charge in [0, 0.05) is 48.1 Å². The molecule has 18 heteroatoms. The summed E-state index contributed by atoms with van der Waals surface area (Å²) in [5, 5.41) is 32.8. The number of nitrogens with zero attached hydrogens (tertiary/aromatic N) is 2. The van der Waals surface area contributed by atoms with Crippen LogP contribution in [-0.4, -0.2) is 103 Å². The Balaban J connectivity index is 1.18. The van der Waals surface area contributed by atoms with Gasteiger partial charge in [-0.25, -0.2) is 9.09 Å². The van der Waals surface area contributed by atoms with Crippen LogP contribution in [0.3, 0.4) is 0 Å². The van der Waals surface area contributed by atoms with Crippen molar-refractivity contribution in [3.05, 3.63) is 92.1 Å². The van der Waals surface area contributed by atoms with Crippen LogP contribution in [0, 0.1) is 0 Å². The number of carbonyl (C=O) groups excluding carboxylic acids is 3. The van der Waals surface area contributed by atoms with Gasteiger partial charge in [0.25, 0.3) is 18.3 Å². The minimum atomic E-state index is -4.90. The number of ether oxygens (including phenoxy) is 5. The summed E-state index contributed by atoms with van der Waals surface area (Å²) >= 11 is 0. The maximum absolute atomic E-state index is 14.2. The third-order valence-electron chi connectivity index (χ3n) is 14.0. The van der Waals surface area contributed by atoms with Crippen molar-refractivity contribution in [3.8, 4) is 23.0 Å². The summed E-state index contributed by atoms with van der Waals surface area (Å²) < 4.78 is 46.3. The lowest BCUT2D eigenvalue weighted by atomic mass is 9.84. The predicted molar refractivity (Wildman–Crippen MR) is 265 cm³/mol. The molecule has 0 fully saturated rings. The van der Waals surface area contributed by atoms with Crippen LogP contribution >= 0.6 is 7.82 Å². The fraction of sp³-hybridized carbons (Fsp3) is 0.566. The lowest BCUT2D eigenvalue weighted by Gasteiger charge is -2.41. The molecule has 5 atom stereocenters. The highest BCUT2D eigenvalue weighted by Gasteiger charge is 2.47. The van der Waals surface area contributed by atoms with Gasteiger partial charge in [0.05, 0.1) is 36.4 Å². The molecule has 0 saturated carbocycles. The first-order valence-electron chi connectivity index (χ1n) is 24.5. The van der Waals surface area contributed by atoms with E-state index in [1.165, 1.54) is 39.3 Å². The van der Waals surface area contributed by atoms with Crippen LogP contribution in [0.2, 0.25) is 0 Å². The monoisotopic (exact) mass is 1010 g/mol. The molecule has 2 aromatic rings. The number of hydrogen-bond acceptors (Lipinski definition) is 13. The van der Waals surface area contributed by atoms with Crippen molar-refractivity contribution >= 4 is 26.1 Å². The van der Waals surface area contributed by atoms with Crippen LogP contribution < -0.4 is 18.9 Å². The van der Waals surface area contributed by atoms with Gasteiger partial charge in [-0.1, -0.05) is 46.6 Å². The average Bonchev–Trinajstić information content (AvgIpc) is 3.78. The lowest BCUT2D eigenvalue weighted by molar-refractivity contribution is -0.141. The number of carbonyl (C=O) groups is 3. The molecule has 17 nitrogen and oxygen atoms in total. The van der Waals surface area contributed by atoms with Crippen molar-refractivity contribution in [1.29, 1.82) is 0 Å². The molecule has 0 bridgehead atoms. The number of phosphoric acid groups is 1. The van der Waals surface area contributed by atoms with Crippen molar-refractivity contribution in [1.82, 2.24) is 9.80 Å². The standard InChI is InChI=1S/C53H73N2O15P/c1-33(2)14-9-16-35(5)18-11-21-52(7)46(59)27-40-44(67-32-68-71(62,63)64)24-37-41(48(40)69-52)28-54(50(37)60)23-13-20-47(66-31-57)55-29-42-38(51(55)61)25-43(65-30-56)39-26-45(58)53(8,70-49(39)42)22-12-19-36(6)17-10-15-34(3)4/h14-15,18-19,24-25,31,45-47,56,58-59H,9-13,16-17,20-23,26-30,32H2,1-8H3,(H2,62,63,64)/b35-18+,36-19+/t45-,46-,47+,52+,53+/m0/s1. The molecule has 0 radical (unpaired) electrons. The van der Waals surface area contributed by atoms with Crippen molar-refractivity contribution < 1.29 is 72.3 Å². The minimum absolute atomic E-state index is 0.0198. The summed E-state index contributed by atoms with van der Waals surface area (Å²) in [4.78, 5) is 62.1. The van der Waals surface area contributed by atoms with Gasteiger partial charge in [0.2, 0.25) is 0 Å². The van der Waals surface area contributed by atoms with E-state index in [9.17, 15) is 44.1 Å². The largest absolute Gasteiger partial charge is 0.484 e. The molecule has 2 amide bonds. The van der Waals surface area contributed by atoms with Gasteiger partial charge in [-0.3, -0.25) is 19.3 Å². The number of allylic oxidation sites excluding steroid dienone is 8. The van der Waals surface area contributed by atoms with Crippen molar-refractivity contribution in [2.45, 2.75) is 175 Å². The molecule has 4 aliphatic heterocycles. The number of amides is 2. The number of aliphatic hydroxyl groups is 3. The van der Waals surface area contributed by atoms with Crippen LogP contribution in [0.5, 0.6) is 23.0 Å². The Morgan fingerprint density at radius 2 is 1.27 bits per heavy atom. The predicted octanol–water partition coefficient (Wildman–Crippen LogP) is 8.41. The Bertz CT molecular complexity index is 2470. The van der Waals surface area contributed by atoms with E-state index in [0.717, 1.165) is 25.7 Å². The van der Waals surface area contributed by atoms with Gasteiger partial charge in [-0.15, -0.1) is 0 Å². The smallest absolute Gasteiger partial charge is 0.472 e. The molecule has 0 unspecified atom stereocenters. The first-order valence-corrected chi connectivity index (χ1v) is 26.1. The Morgan fingerprint density at radius 1 is 0.761 bits per heavy atom. The van der Waals surface area contributed by atoms with E-state index >= 15 is 0 Å². The van der Waals surface area contributed by atoms with Crippen LogP contribution in [0.25, 0.3) is 0 Å².